The number of rotatable bonds is 5. The van der Waals surface area contributed by atoms with E-state index >= 15 is 0 Å². The Kier molecular flexibility index (Phi) is 4.45. The maximum Gasteiger partial charge on any atom is 0.115 e. The number of aryl methyl sites for hydroxylation is 1. The summed E-state index contributed by atoms with van der Waals surface area (Å²) in [5.74, 6) is 0.319. The molecule has 0 aliphatic carbocycles. The molecule has 0 aliphatic heterocycles. The molecule has 0 heterocycles. The molecular formula is C17H21NO. The molecule has 2 rings (SSSR count). The van der Waals surface area contributed by atoms with Crippen molar-refractivity contribution in [3.8, 4) is 5.75 Å². The zero-order chi connectivity index (χ0) is 13.7. The Morgan fingerprint density at radius 1 is 1.11 bits per heavy atom. The lowest BCUT2D eigenvalue weighted by Crippen LogP contribution is -2.21. The molecule has 2 aromatic rings. The van der Waals surface area contributed by atoms with Gasteiger partial charge in [0.05, 0.1) is 0 Å². The van der Waals surface area contributed by atoms with Crippen molar-refractivity contribution in [3.63, 3.8) is 0 Å². The lowest BCUT2D eigenvalue weighted by Gasteiger charge is -2.20. The third-order valence-electron chi connectivity index (χ3n) is 3.39. The normalized spacial score (nSPS) is 12.1. The van der Waals surface area contributed by atoms with E-state index in [1.54, 1.807) is 12.1 Å². The van der Waals surface area contributed by atoms with Gasteiger partial charge >= 0.3 is 0 Å². The third-order valence-corrected chi connectivity index (χ3v) is 3.39. The van der Waals surface area contributed by atoms with Crippen molar-refractivity contribution >= 4 is 5.69 Å². The fourth-order valence-corrected chi connectivity index (χ4v) is 2.23. The summed E-state index contributed by atoms with van der Waals surface area (Å²) >= 11 is 0. The van der Waals surface area contributed by atoms with Crippen molar-refractivity contribution in [2.75, 3.05) is 5.32 Å². The van der Waals surface area contributed by atoms with Gasteiger partial charge in [0.2, 0.25) is 0 Å². The molecular weight excluding hydrogens is 234 g/mol. The molecule has 1 unspecified atom stereocenters. The van der Waals surface area contributed by atoms with E-state index in [2.05, 4.69) is 36.5 Å². The number of benzene rings is 2. The first-order valence-electron chi connectivity index (χ1n) is 6.79. The Morgan fingerprint density at radius 2 is 1.84 bits per heavy atom. The highest BCUT2D eigenvalue weighted by Gasteiger charge is 2.08. The summed E-state index contributed by atoms with van der Waals surface area (Å²) in [6, 6.07) is 16.4. The largest absolute Gasteiger partial charge is 0.508 e. The monoisotopic (exact) mass is 255 g/mol. The first-order valence-corrected chi connectivity index (χ1v) is 6.79. The summed E-state index contributed by atoms with van der Waals surface area (Å²) in [6.07, 6.45) is 2.08. The van der Waals surface area contributed by atoms with E-state index in [9.17, 15) is 5.11 Å². The average Bonchev–Trinajstić information content (AvgIpc) is 2.42. The molecule has 19 heavy (non-hydrogen) atoms. The van der Waals surface area contributed by atoms with Crippen molar-refractivity contribution in [2.45, 2.75) is 32.7 Å². The number of anilines is 1. The second-order valence-electron chi connectivity index (χ2n) is 4.94. The molecule has 0 saturated carbocycles. The van der Waals surface area contributed by atoms with Gasteiger partial charge in [0.25, 0.3) is 0 Å². The van der Waals surface area contributed by atoms with Crippen molar-refractivity contribution in [3.05, 3.63) is 59.7 Å². The minimum atomic E-state index is 0.319. The Labute approximate surface area is 115 Å². The quantitative estimate of drug-likeness (QED) is 0.787. The molecule has 2 aromatic carbocycles. The van der Waals surface area contributed by atoms with Crippen LogP contribution < -0.4 is 5.32 Å². The Bertz CT molecular complexity index is 522. The van der Waals surface area contributed by atoms with Gasteiger partial charge in [-0.25, -0.2) is 0 Å². The van der Waals surface area contributed by atoms with E-state index in [4.69, 9.17) is 0 Å². The topological polar surface area (TPSA) is 32.3 Å². The molecule has 2 heteroatoms. The van der Waals surface area contributed by atoms with E-state index in [1.807, 2.05) is 19.1 Å². The van der Waals surface area contributed by atoms with Crippen LogP contribution in [0.25, 0.3) is 0 Å². The zero-order valence-corrected chi connectivity index (χ0v) is 11.6. The molecule has 1 atom stereocenters. The maximum atomic E-state index is 9.44. The lowest BCUT2D eigenvalue weighted by molar-refractivity contribution is 0.475. The van der Waals surface area contributed by atoms with Gasteiger partial charge in [-0.3, -0.25) is 0 Å². The van der Waals surface area contributed by atoms with Crippen molar-refractivity contribution < 1.29 is 5.11 Å². The van der Waals surface area contributed by atoms with E-state index in [1.165, 1.54) is 5.56 Å². The molecule has 0 aromatic heterocycles. The van der Waals surface area contributed by atoms with E-state index in [0.717, 1.165) is 24.1 Å². The van der Waals surface area contributed by atoms with Crippen LogP contribution in [-0.4, -0.2) is 11.1 Å². The summed E-state index contributed by atoms with van der Waals surface area (Å²) in [5.41, 5.74) is 3.52. The predicted molar refractivity (Wildman–Crippen MR) is 80.7 cm³/mol. The van der Waals surface area contributed by atoms with Crippen LogP contribution in [0.1, 0.15) is 24.5 Å². The van der Waals surface area contributed by atoms with Crippen LogP contribution >= 0.6 is 0 Å². The Morgan fingerprint density at radius 3 is 2.47 bits per heavy atom. The summed E-state index contributed by atoms with van der Waals surface area (Å²) in [4.78, 5) is 0. The Balaban J connectivity index is 2.06. The van der Waals surface area contributed by atoms with Crippen LogP contribution in [0.5, 0.6) is 5.75 Å². The van der Waals surface area contributed by atoms with Crippen molar-refractivity contribution in [1.82, 2.24) is 0 Å². The smallest absolute Gasteiger partial charge is 0.115 e. The molecule has 0 bridgehead atoms. The molecule has 0 saturated heterocycles. The fraction of sp³-hybridized carbons (Fsp3) is 0.294. The molecule has 2 nitrogen and oxygen atoms in total. The maximum absolute atomic E-state index is 9.44. The van der Waals surface area contributed by atoms with Gasteiger partial charge in [0.1, 0.15) is 5.75 Å². The standard InChI is InChI=1S/C17H21NO/c1-3-15(12-14-7-5-4-6-8-14)18-17-10-9-16(19)11-13(17)2/h4-11,15,18-19H,3,12H2,1-2H3. The van der Waals surface area contributed by atoms with Crippen LogP contribution in [-0.2, 0) is 6.42 Å². The molecule has 0 spiro atoms. The SMILES string of the molecule is CCC(Cc1ccccc1)Nc1ccc(O)cc1C. The van der Waals surface area contributed by atoms with Gasteiger partial charge in [-0.05, 0) is 49.1 Å². The number of phenolic OH excluding ortho intramolecular Hbond substituents is 1. The fourth-order valence-electron chi connectivity index (χ4n) is 2.23. The molecule has 100 valence electrons. The zero-order valence-electron chi connectivity index (χ0n) is 11.6. The third kappa shape index (κ3) is 3.75. The highest BCUT2D eigenvalue weighted by Crippen LogP contribution is 2.22. The Hall–Kier alpha value is -1.96. The highest BCUT2D eigenvalue weighted by molar-refractivity contribution is 5.54. The van der Waals surface area contributed by atoms with Crippen LogP contribution in [0.4, 0.5) is 5.69 Å². The summed E-state index contributed by atoms with van der Waals surface area (Å²) in [6.45, 7) is 4.20. The van der Waals surface area contributed by atoms with Crippen LogP contribution in [0.15, 0.2) is 48.5 Å². The summed E-state index contributed by atoms with van der Waals surface area (Å²) < 4.78 is 0. The molecule has 0 amide bonds. The number of hydrogen-bond acceptors (Lipinski definition) is 2. The second kappa shape index (κ2) is 6.28. The van der Waals surface area contributed by atoms with E-state index in [-0.39, 0.29) is 0 Å². The minimum Gasteiger partial charge on any atom is -0.508 e. The summed E-state index contributed by atoms with van der Waals surface area (Å²) in [5, 5.41) is 13.0. The van der Waals surface area contributed by atoms with Crippen molar-refractivity contribution in [1.29, 1.82) is 0 Å². The lowest BCUT2D eigenvalue weighted by atomic mass is 10.0. The second-order valence-corrected chi connectivity index (χ2v) is 4.94. The van der Waals surface area contributed by atoms with E-state index in [0.29, 0.717) is 11.8 Å². The van der Waals surface area contributed by atoms with Crippen LogP contribution in [0, 0.1) is 6.92 Å². The molecule has 0 aliphatic rings. The minimum absolute atomic E-state index is 0.319. The van der Waals surface area contributed by atoms with Gasteiger partial charge in [-0.2, -0.15) is 0 Å². The number of aromatic hydroxyl groups is 1. The van der Waals surface area contributed by atoms with Gasteiger partial charge in [0, 0.05) is 11.7 Å². The number of hydrogen-bond donors (Lipinski definition) is 2. The highest BCUT2D eigenvalue weighted by atomic mass is 16.3. The first-order chi connectivity index (χ1) is 9.19. The molecule has 0 radical (unpaired) electrons. The molecule has 0 fully saturated rings. The first kappa shape index (κ1) is 13.5. The summed E-state index contributed by atoms with van der Waals surface area (Å²) in [7, 11) is 0. The van der Waals surface area contributed by atoms with Crippen LogP contribution in [0.2, 0.25) is 0 Å². The van der Waals surface area contributed by atoms with Gasteiger partial charge in [-0.15, -0.1) is 0 Å². The number of phenols is 1. The van der Waals surface area contributed by atoms with E-state index < -0.39 is 0 Å². The van der Waals surface area contributed by atoms with Crippen molar-refractivity contribution in [2.24, 2.45) is 0 Å². The van der Waals surface area contributed by atoms with Gasteiger partial charge in [-0.1, -0.05) is 37.3 Å². The predicted octanol–water partition coefficient (Wildman–Crippen LogP) is 4.13. The van der Waals surface area contributed by atoms with Crippen LogP contribution in [0.3, 0.4) is 0 Å². The average molecular weight is 255 g/mol. The number of nitrogens with one attached hydrogen (secondary N) is 1. The van der Waals surface area contributed by atoms with Gasteiger partial charge < -0.3 is 10.4 Å². The van der Waals surface area contributed by atoms with Gasteiger partial charge in [0.15, 0.2) is 0 Å². The molecule has 2 N–H and O–H groups in total.